The van der Waals surface area contributed by atoms with Crippen molar-refractivity contribution < 1.29 is 22.7 Å². The summed E-state index contributed by atoms with van der Waals surface area (Å²) in [6.07, 6.45) is -3.55. The maximum atomic E-state index is 13.2. The van der Waals surface area contributed by atoms with Gasteiger partial charge < -0.3 is 14.5 Å². The van der Waals surface area contributed by atoms with E-state index in [1.165, 1.54) is 23.5 Å². The van der Waals surface area contributed by atoms with Crippen molar-refractivity contribution in [1.29, 1.82) is 0 Å². The van der Waals surface area contributed by atoms with Gasteiger partial charge in [0.05, 0.1) is 18.4 Å². The number of aromatic nitrogens is 1. The smallest absolute Gasteiger partial charge is 0.416 e. The lowest BCUT2D eigenvalue weighted by atomic mass is 10.1. The highest BCUT2D eigenvalue weighted by atomic mass is 32.1. The second-order valence-corrected chi connectivity index (χ2v) is 8.84. The van der Waals surface area contributed by atoms with E-state index in [2.05, 4.69) is 9.88 Å². The zero-order valence-electron chi connectivity index (χ0n) is 18.4. The molecule has 1 aliphatic heterocycles. The Morgan fingerprint density at radius 2 is 1.70 bits per heavy atom. The number of carbonyl (C=O) groups excluding carboxylic acids is 1. The molecule has 174 valence electrons. The van der Waals surface area contributed by atoms with Gasteiger partial charge in [0, 0.05) is 37.4 Å². The summed E-state index contributed by atoms with van der Waals surface area (Å²) in [6.45, 7) is 4.53. The Balaban J connectivity index is 1.46. The van der Waals surface area contributed by atoms with Crippen LogP contribution in [0.2, 0.25) is 0 Å². The fraction of sp³-hybridized carbons (Fsp3) is 0.333. The van der Waals surface area contributed by atoms with E-state index >= 15 is 0 Å². The number of ether oxygens (including phenoxy) is 1. The average molecular weight is 476 g/mol. The van der Waals surface area contributed by atoms with Crippen LogP contribution in [0.3, 0.4) is 0 Å². The van der Waals surface area contributed by atoms with Crippen molar-refractivity contribution in [3.05, 3.63) is 64.7 Å². The fourth-order valence-corrected chi connectivity index (χ4v) is 4.88. The average Bonchev–Trinajstić information content (AvgIpc) is 3.03. The van der Waals surface area contributed by atoms with Crippen LogP contribution in [0.15, 0.2) is 48.5 Å². The SMILES string of the molecule is COc1ccc(N2CCCN(C(=O)c3sc(-c4ccc(C(F)(F)F)cc4)nc3C)CC2)cc1. The summed E-state index contributed by atoms with van der Waals surface area (Å²) in [4.78, 5) is 22.3. The molecule has 0 bridgehead atoms. The quantitative estimate of drug-likeness (QED) is 0.500. The number of nitrogens with zero attached hydrogens (tertiary/aromatic N) is 3. The van der Waals surface area contributed by atoms with Crippen molar-refractivity contribution in [2.24, 2.45) is 0 Å². The lowest BCUT2D eigenvalue weighted by Gasteiger charge is -2.23. The Hall–Kier alpha value is -3.07. The Bertz CT molecular complexity index is 1110. The lowest BCUT2D eigenvalue weighted by molar-refractivity contribution is -0.137. The van der Waals surface area contributed by atoms with Crippen molar-refractivity contribution >= 4 is 22.9 Å². The molecule has 3 aromatic rings. The normalized spacial score (nSPS) is 14.8. The zero-order valence-corrected chi connectivity index (χ0v) is 19.2. The second-order valence-electron chi connectivity index (χ2n) is 7.84. The first kappa shape index (κ1) is 23.1. The molecule has 1 fully saturated rings. The van der Waals surface area contributed by atoms with Gasteiger partial charge in [-0.2, -0.15) is 13.2 Å². The molecule has 9 heteroatoms. The van der Waals surface area contributed by atoms with E-state index in [1.807, 2.05) is 29.2 Å². The number of hydrogen-bond acceptors (Lipinski definition) is 5. The van der Waals surface area contributed by atoms with Crippen LogP contribution in [0.1, 0.15) is 27.3 Å². The summed E-state index contributed by atoms with van der Waals surface area (Å²) in [5, 5.41) is 0.541. The molecule has 2 aromatic carbocycles. The number of alkyl halides is 3. The molecule has 5 nitrogen and oxygen atoms in total. The van der Waals surface area contributed by atoms with Crippen LogP contribution in [0.5, 0.6) is 5.75 Å². The molecule has 0 spiro atoms. The molecule has 2 heterocycles. The number of benzene rings is 2. The third-order valence-electron chi connectivity index (χ3n) is 5.67. The maximum Gasteiger partial charge on any atom is 0.416 e. The van der Waals surface area contributed by atoms with Crippen molar-refractivity contribution in [1.82, 2.24) is 9.88 Å². The summed E-state index contributed by atoms with van der Waals surface area (Å²) in [5.74, 6) is 0.717. The van der Waals surface area contributed by atoms with Crippen LogP contribution in [-0.2, 0) is 6.18 Å². The van der Waals surface area contributed by atoms with E-state index < -0.39 is 11.7 Å². The van der Waals surface area contributed by atoms with Crippen molar-refractivity contribution in [2.45, 2.75) is 19.5 Å². The highest BCUT2D eigenvalue weighted by Crippen LogP contribution is 2.33. The number of anilines is 1. The number of hydrogen-bond donors (Lipinski definition) is 0. The Kier molecular flexibility index (Phi) is 6.60. The van der Waals surface area contributed by atoms with Gasteiger partial charge in [-0.05, 0) is 49.7 Å². The number of amides is 1. The molecule has 1 saturated heterocycles. The number of carbonyl (C=O) groups is 1. The molecule has 0 N–H and O–H groups in total. The monoisotopic (exact) mass is 475 g/mol. The van der Waals surface area contributed by atoms with Gasteiger partial charge in [-0.1, -0.05) is 12.1 Å². The van der Waals surface area contributed by atoms with Crippen molar-refractivity contribution in [3.63, 3.8) is 0 Å². The van der Waals surface area contributed by atoms with E-state index in [0.29, 0.717) is 40.8 Å². The van der Waals surface area contributed by atoms with Gasteiger partial charge in [0.2, 0.25) is 0 Å². The summed E-state index contributed by atoms with van der Waals surface area (Å²) in [7, 11) is 1.63. The van der Waals surface area contributed by atoms with Crippen LogP contribution in [-0.4, -0.2) is 49.1 Å². The van der Waals surface area contributed by atoms with Crippen LogP contribution in [0.4, 0.5) is 18.9 Å². The number of methoxy groups -OCH3 is 1. The predicted octanol–water partition coefficient (Wildman–Crippen LogP) is 5.50. The second kappa shape index (κ2) is 9.43. The van der Waals surface area contributed by atoms with Gasteiger partial charge in [-0.25, -0.2) is 4.98 Å². The molecular weight excluding hydrogens is 451 g/mol. The minimum atomic E-state index is -4.38. The molecule has 33 heavy (non-hydrogen) atoms. The topological polar surface area (TPSA) is 45.7 Å². The minimum Gasteiger partial charge on any atom is -0.497 e. The molecule has 0 saturated carbocycles. The summed E-state index contributed by atoms with van der Waals surface area (Å²) >= 11 is 1.22. The minimum absolute atomic E-state index is 0.0836. The van der Waals surface area contributed by atoms with E-state index in [0.717, 1.165) is 36.5 Å². The van der Waals surface area contributed by atoms with Crippen LogP contribution < -0.4 is 9.64 Å². The number of rotatable bonds is 4. The molecule has 1 aromatic heterocycles. The molecule has 0 aliphatic carbocycles. The van der Waals surface area contributed by atoms with Gasteiger partial charge in [0.1, 0.15) is 15.6 Å². The summed E-state index contributed by atoms with van der Waals surface area (Å²) < 4.78 is 43.7. The molecule has 4 rings (SSSR count). The van der Waals surface area contributed by atoms with E-state index in [4.69, 9.17) is 4.74 Å². The fourth-order valence-electron chi connectivity index (χ4n) is 3.84. The summed E-state index contributed by atoms with van der Waals surface area (Å²) in [5.41, 5.74) is 1.54. The third kappa shape index (κ3) is 5.13. The molecule has 0 atom stereocenters. The summed E-state index contributed by atoms with van der Waals surface area (Å²) in [6, 6.07) is 12.7. The first-order chi connectivity index (χ1) is 15.8. The van der Waals surface area contributed by atoms with Gasteiger partial charge >= 0.3 is 6.18 Å². The zero-order chi connectivity index (χ0) is 23.6. The Labute approximate surface area is 194 Å². The number of halogens is 3. The molecule has 0 radical (unpaired) electrons. The molecule has 1 amide bonds. The molecule has 1 aliphatic rings. The Morgan fingerprint density at radius 3 is 2.33 bits per heavy atom. The van der Waals surface area contributed by atoms with Crippen LogP contribution in [0.25, 0.3) is 10.6 Å². The van der Waals surface area contributed by atoms with Crippen molar-refractivity contribution in [3.8, 4) is 16.3 Å². The Morgan fingerprint density at radius 1 is 1.00 bits per heavy atom. The maximum absolute atomic E-state index is 13.2. The highest BCUT2D eigenvalue weighted by molar-refractivity contribution is 7.17. The third-order valence-corrected chi connectivity index (χ3v) is 6.87. The largest absolute Gasteiger partial charge is 0.497 e. The molecule has 0 unspecified atom stereocenters. The van der Waals surface area contributed by atoms with Crippen LogP contribution >= 0.6 is 11.3 Å². The van der Waals surface area contributed by atoms with Crippen molar-refractivity contribution in [2.75, 3.05) is 38.2 Å². The molecular formula is C24H24F3N3O2S. The van der Waals surface area contributed by atoms with Gasteiger partial charge in [0.15, 0.2) is 0 Å². The lowest BCUT2D eigenvalue weighted by Crippen LogP contribution is -2.35. The first-order valence-corrected chi connectivity index (χ1v) is 11.4. The van der Waals surface area contributed by atoms with Gasteiger partial charge in [0.25, 0.3) is 5.91 Å². The first-order valence-electron chi connectivity index (χ1n) is 10.6. The van der Waals surface area contributed by atoms with E-state index in [1.54, 1.807) is 14.0 Å². The standard InChI is InChI=1S/C24H24F3N3O2S/c1-16-21(33-22(28-16)17-4-6-18(7-5-17)24(25,26)27)23(31)30-13-3-12-29(14-15-30)19-8-10-20(32-2)11-9-19/h4-11H,3,12-15H2,1-2H3. The highest BCUT2D eigenvalue weighted by Gasteiger charge is 2.30. The van der Waals surface area contributed by atoms with E-state index in [9.17, 15) is 18.0 Å². The van der Waals surface area contributed by atoms with E-state index in [-0.39, 0.29) is 5.91 Å². The number of aryl methyl sites for hydroxylation is 1. The van der Waals surface area contributed by atoms with Crippen LogP contribution in [0, 0.1) is 6.92 Å². The number of thiazole rings is 1. The van der Waals surface area contributed by atoms with Gasteiger partial charge in [-0.3, -0.25) is 4.79 Å². The van der Waals surface area contributed by atoms with Gasteiger partial charge in [-0.15, -0.1) is 11.3 Å². The predicted molar refractivity (Wildman–Crippen MR) is 123 cm³/mol.